The molecule has 1 aliphatic rings. The smallest absolute Gasteiger partial charge is 0.243 e. The molecule has 2 aromatic carbocycles. The Morgan fingerprint density at radius 3 is 2.68 bits per heavy atom. The Labute approximate surface area is 202 Å². The third-order valence-corrected chi connectivity index (χ3v) is 6.82. The van der Waals surface area contributed by atoms with Gasteiger partial charge in [-0.25, -0.2) is 8.78 Å². The number of nitrogens with one attached hydrogen (secondary N) is 1. The molecule has 0 bridgehead atoms. The van der Waals surface area contributed by atoms with E-state index in [1.807, 2.05) is 62.1 Å². The van der Waals surface area contributed by atoms with Crippen molar-refractivity contribution in [2.45, 2.75) is 64.3 Å². The van der Waals surface area contributed by atoms with Crippen LogP contribution in [0.25, 0.3) is 10.8 Å². The van der Waals surface area contributed by atoms with Crippen molar-refractivity contribution in [2.24, 2.45) is 5.92 Å². The number of carbonyl (C=O) groups is 1. The first kappa shape index (κ1) is 25.9. The number of likely N-dealkylation sites (tertiary alicyclic amines) is 1. The van der Waals surface area contributed by atoms with Gasteiger partial charge in [0.1, 0.15) is 11.8 Å². The van der Waals surface area contributed by atoms with Crippen molar-refractivity contribution in [1.82, 2.24) is 10.2 Å². The van der Waals surface area contributed by atoms with Gasteiger partial charge in [0.15, 0.2) is 0 Å². The van der Waals surface area contributed by atoms with Gasteiger partial charge in [-0.2, -0.15) is 0 Å². The Morgan fingerprint density at radius 2 is 2.03 bits per heavy atom. The molecule has 1 N–H and O–H groups in total. The van der Waals surface area contributed by atoms with Crippen LogP contribution in [-0.4, -0.2) is 42.3 Å². The average Bonchev–Trinajstić information content (AvgIpc) is 2.83. The molecule has 0 radical (unpaired) electrons. The van der Waals surface area contributed by atoms with Gasteiger partial charge >= 0.3 is 0 Å². The fraction of sp³-hybridized carbons (Fsp3) is 0.483. The molecule has 1 saturated heterocycles. The van der Waals surface area contributed by atoms with Crippen LogP contribution < -0.4 is 5.32 Å². The second kappa shape index (κ2) is 11.6. The number of fused-ring (bicyclic) bond motifs is 1. The fourth-order valence-electron chi connectivity index (χ4n) is 4.82. The summed E-state index contributed by atoms with van der Waals surface area (Å²) in [6, 6.07) is 11.6. The standard InChI is InChI=1S/C29H36F2N2O/c1-5-17-29(31,7-3)20-33-18-16-23(27(30)19-33)13-12-22-14-15-24(21(4)32-28(34)6-2)26-11-9-8-10-25(22)26/h6,8-11,14-15,21,23,27H,2,5,7,16-20H2,1,3-4H3,(H,32,34). The summed E-state index contributed by atoms with van der Waals surface area (Å²) in [5.41, 5.74) is 0.592. The Bertz CT molecular complexity index is 1070. The summed E-state index contributed by atoms with van der Waals surface area (Å²) in [4.78, 5) is 13.7. The lowest BCUT2D eigenvalue weighted by Gasteiger charge is -2.37. The zero-order chi connectivity index (χ0) is 24.7. The van der Waals surface area contributed by atoms with Gasteiger partial charge in [-0.05, 0) is 61.2 Å². The molecule has 0 saturated carbocycles. The van der Waals surface area contributed by atoms with Crippen molar-refractivity contribution in [3.63, 3.8) is 0 Å². The van der Waals surface area contributed by atoms with Crippen LogP contribution in [-0.2, 0) is 4.79 Å². The van der Waals surface area contributed by atoms with E-state index in [1.165, 1.54) is 6.08 Å². The predicted molar refractivity (Wildman–Crippen MR) is 136 cm³/mol. The Morgan fingerprint density at radius 1 is 1.29 bits per heavy atom. The summed E-state index contributed by atoms with van der Waals surface area (Å²) >= 11 is 0. The minimum absolute atomic E-state index is 0.185. The molecule has 4 atom stereocenters. The summed E-state index contributed by atoms with van der Waals surface area (Å²) in [5.74, 6) is 5.80. The molecule has 0 spiro atoms. The van der Waals surface area contributed by atoms with Crippen LogP contribution >= 0.6 is 0 Å². The second-order valence-electron chi connectivity index (χ2n) is 9.35. The van der Waals surface area contributed by atoms with Gasteiger partial charge in [0.25, 0.3) is 0 Å². The minimum Gasteiger partial charge on any atom is -0.346 e. The van der Waals surface area contributed by atoms with E-state index in [4.69, 9.17) is 0 Å². The van der Waals surface area contributed by atoms with Gasteiger partial charge in [-0.15, -0.1) is 0 Å². The zero-order valence-corrected chi connectivity index (χ0v) is 20.5. The maximum Gasteiger partial charge on any atom is 0.243 e. The van der Waals surface area contributed by atoms with E-state index in [1.54, 1.807) is 0 Å². The van der Waals surface area contributed by atoms with Crippen LogP contribution in [0.1, 0.15) is 63.6 Å². The molecule has 34 heavy (non-hydrogen) atoms. The minimum atomic E-state index is -1.24. The van der Waals surface area contributed by atoms with Crippen LogP contribution in [0, 0.1) is 17.8 Å². The van der Waals surface area contributed by atoms with E-state index in [-0.39, 0.29) is 24.4 Å². The first-order valence-electron chi connectivity index (χ1n) is 12.3. The molecular weight excluding hydrogens is 430 g/mol. The van der Waals surface area contributed by atoms with E-state index < -0.39 is 11.8 Å². The fourth-order valence-corrected chi connectivity index (χ4v) is 4.82. The third kappa shape index (κ3) is 6.24. The Balaban J connectivity index is 1.76. The number of alkyl halides is 2. The molecule has 1 aliphatic heterocycles. The number of amides is 1. The van der Waals surface area contributed by atoms with Crippen molar-refractivity contribution in [1.29, 1.82) is 0 Å². The van der Waals surface area contributed by atoms with Crippen molar-refractivity contribution >= 4 is 16.7 Å². The molecule has 1 heterocycles. The first-order chi connectivity index (χ1) is 16.3. The Hall–Kier alpha value is -2.71. The number of carbonyl (C=O) groups excluding carboxylic acids is 1. The average molecular weight is 467 g/mol. The molecule has 182 valence electrons. The normalized spacial score (nSPS) is 21.2. The van der Waals surface area contributed by atoms with E-state index >= 15 is 4.39 Å². The highest BCUT2D eigenvalue weighted by molar-refractivity contribution is 5.92. The highest BCUT2D eigenvalue weighted by Gasteiger charge is 2.34. The quantitative estimate of drug-likeness (QED) is 0.375. The SMILES string of the molecule is C=CC(=O)NC(C)c1ccc(C#CC2CCN(CC(F)(CC)CCC)CC2F)c2ccccc12. The number of rotatable bonds is 8. The number of benzene rings is 2. The molecule has 0 aromatic heterocycles. The van der Waals surface area contributed by atoms with Crippen molar-refractivity contribution in [3.8, 4) is 11.8 Å². The topological polar surface area (TPSA) is 32.3 Å². The van der Waals surface area contributed by atoms with E-state index in [0.29, 0.717) is 32.4 Å². The monoisotopic (exact) mass is 466 g/mol. The molecule has 1 amide bonds. The van der Waals surface area contributed by atoms with Crippen molar-refractivity contribution in [3.05, 3.63) is 60.2 Å². The van der Waals surface area contributed by atoms with Crippen molar-refractivity contribution < 1.29 is 13.6 Å². The third-order valence-electron chi connectivity index (χ3n) is 6.82. The molecule has 2 aromatic rings. The van der Waals surface area contributed by atoms with Gasteiger partial charge in [0, 0.05) is 18.7 Å². The van der Waals surface area contributed by atoms with Crippen LogP contribution in [0.4, 0.5) is 8.78 Å². The molecule has 4 unspecified atom stereocenters. The zero-order valence-electron chi connectivity index (χ0n) is 20.5. The van der Waals surface area contributed by atoms with Gasteiger partial charge in [-0.1, -0.05) is 69.0 Å². The van der Waals surface area contributed by atoms with Crippen molar-refractivity contribution in [2.75, 3.05) is 19.6 Å². The van der Waals surface area contributed by atoms with E-state index in [0.717, 1.165) is 28.3 Å². The molecular formula is C29H36F2N2O. The number of halogens is 2. The number of nitrogens with zero attached hydrogens (tertiary/aromatic N) is 1. The number of hydrogen-bond donors (Lipinski definition) is 1. The lowest BCUT2D eigenvalue weighted by Crippen LogP contribution is -2.47. The highest BCUT2D eigenvalue weighted by atomic mass is 19.1. The Kier molecular flexibility index (Phi) is 8.85. The van der Waals surface area contributed by atoms with Gasteiger partial charge in [0.05, 0.1) is 12.0 Å². The summed E-state index contributed by atoms with van der Waals surface area (Å²) in [7, 11) is 0. The molecule has 0 aliphatic carbocycles. The number of piperidine rings is 1. The lowest BCUT2D eigenvalue weighted by atomic mass is 9.91. The molecule has 3 rings (SSSR count). The highest BCUT2D eigenvalue weighted by Crippen LogP contribution is 2.29. The largest absolute Gasteiger partial charge is 0.346 e. The van der Waals surface area contributed by atoms with Crippen LogP contribution in [0.15, 0.2) is 49.1 Å². The molecule has 1 fully saturated rings. The van der Waals surface area contributed by atoms with Gasteiger partial charge in [0.2, 0.25) is 5.91 Å². The summed E-state index contributed by atoms with van der Waals surface area (Å²) in [6.45, 7) is 10.5. The summed E-state index contributed by atoms with van der Waals surface area (Å²) in [5, 5.41) is 4.89. The second-order valence-corrected chi connectivity index (χ2v) is 9.35. The lowest BCUT2D eigenvalue weighted by molar-refractivity contribution is -0.117. The maximum atomic E-state index is 15.0. The molecule has 5 heteroatoms. The van der Waals surface area contributed by atoms with Gasteiger partial charge < -0.3 is 5.32 Å². The maximum absolute atomic E-state index is 15.0. The summed E-state index contributed by atoms with van der Waals surface area (Å²) < 4.78 is 30.0. The van der Waals surface area contributed by atoms with Crippen LogP contribution in [0.3, 0.4) is 0 Å². The van der Waals surface area contributed by atoms with Crippen LogP contribution in [0.2, 0.25) is 0 Å². The predicted octanol–water partition coefficient (Wildman–Crippen LogP) is 6.13. The van der Waals surface area contributed by atoms with E-state index in [2.05, 4.69) is 23.7 Å². The molecule has 3 nitrogen and oxygen atoms in total. The summed E-state index contributed by atoms with van der Waals surface area (Å²) in [6.07, 6.45) is 2.52. The number of hydrogen-bond acceptors (Lipinski definition) is 2. The van der Waals surface area contributed by atoms with Crippen LogP contribution in [0.5, 0.6) is 0 Å². The van der Waals surface area contributed by atoms with Gasteiger partial charge in [-0.3, -0.25) is 9.69 Å². The van der Waals surface area contributed by atoms with E-state index in [9.17, 15) is 9.18 Å². The first-order valence-corrected chi connectivity index (χ1v) is 12.3.